The number of benzene rings is 1. The molecule has 1 aromatic carbocycles. The van der Waals surface area contributed by atoms with Gasteiger partial charge in [0, 0.05) is 35.8 Å². The molecule has 2 heterocycles. The number of aromatic amines is 1. The molecule has 6 heteroatoms. The Hall–Kier alpha value is -1.23. The first-order valence-corrected chi connectivity index (χ1v) is 7.40. The monoisotopic (exact) mass is 310 g/mol. The smallest absolute Gasteiger partial charge is 0.151 e. The van der Waals surface area contributed by atoms with E-state index in [-0.39, 0.29) is 6.04 Å². The minimum absolute atomic E-state index is 0.225. The average Bonchev–Trinajstić information content (AvgIpc) is 2.88. The van der Waals surface area contributed by atoms with E-state index in [1.54, 1.807) is 6.07 Å². The molecule has 0 bridgehead atoms. The molecule has 20 heavy (non-hydrogen) atoms. The van der Waals surface area contributed by atoms with Crippen LogP contribution in [0.1, 0.15) is 12.8 Å². The standard InChI is InChI=1S/C14H16Cl2N4/c15-9-3-4-11(12(16)6-9)13-7-14(19-18-13)20-5-1-2-10(17)8-20/h3-4,6-7,10H,1-2,5,8,17H2,(H,18,19). The van der Waals surface area contributed by atoms with Crippen molar-refractivity contribution >= 4 is 29.0 Å². The maximum absolute atomic E-state index is 6.22. The molecule has 1 unspecified atom stereocenters. The second-order valence-corrected chi connectivity index (χ2v) is 5.96. The number of nitrogens with two attached hydrogens (primary N) is 1. The summed E-state index contributed by atoms with van der Waals surface area (Å²) in [6, 6.07) is 7.68. The summed E-state index contributed by atoms with van der Waals surface area (Å²) >= 11 is 12.1. The summed E-state index contributed by atoms with van der Waals surface area (Å²) < 4.78 is 0. The Morgan fingerprint density at radius 2 is 2.15 bits per heavy atom. The number of hydrogen-bond donors (Lipinski definition) is 2. The van der Waals surface area contributed by atoms with Gasteiger partial charge in [-0.25, -0.2) is 0 Å². The maximum Gasteiger partial charge on any atom is 0.151 e. The Bertz CT molecular complexity index is 611. The molecule has 0 spiro atoms. The third kappa shape index (κ3) is 2.77. The van der Waals surface area contributed by atoms with Crippen LogP contribution in [0.2, 0.25) is 10.0 Å². The number of nitrogens with one attached hydrogen (secondary N) is 1. The highest BCUT2D eigenvalue weighted by Crippen LogP contribution is 2.31. The molecular formula is C14H16Cl2N4. The van der Waals surface area contributed by atoms with Crippen LogP contribution in [0.25, 0.3) is 11.3 Å². The fourth-order valence-electron chi connectivity index (χ4n) is 2.54. The molecule has 1 saturated heterocycles. The third-order valence-corrected chi connectivity index (χ3v) is 4.12. The lowest BCUT2D eigenvalue weighted by Gasteiger charge is -2.30. The number of H-pyrrole nitrogens is 1. The van der Waals surface area contributed by atoms with Gasteiger partial charge in [-0.1, -0.05) is 23.2 Å². The summed E-state index contributed by atoms with van der Waals surface area (Å²) in [5, 5.41) is 8.64. The average molecular weight is 311 g/mol. The van der Waals surface area contributed by atoms with Gasteiger partial charge < -0.3 is 10.6 Å². The number of aromatic nitrogens is 2. The Morgan fingerprint density at radius 3 is 2.90 bits per heavy atom. The van der Waals surface area contributed by atoms with Crippen LogP contribution in [-0.4, -0.2) is 29.3 Å². The normalized spacial score (nSPS) is 19.4. The Morgan fingerprint density at radius 1 is 1.30 bits per heavy atom. The molecule has 2 aromatic rings. The second-order valence-electron chi connectivity index (χ2n) is 5.11. The zero-order chi connectivity index (χ0) is 14.1. The number of rotatable bonds is 2. The molecule has 0 aliphatic carbocycles. The number of nitrogens with zero attached hydrogens (tertiary/aromatic N) is 2. The van der Waals surface area contributed by atoms with Gasteiger partial charge in [0.1, 0.15) is 0 Å². The molecule has 1 fully saturated rings. The fraction of sp³-hybridized carbons (Fsp3) is 0.357. The molecule has 1 aliphatic heterocycles. The molecule has 3 rings (SSSR count). The zero-order valence-corrected chi connectivity index (χ0v) is 12.5. The first-order chi connectivity index (χ1) is 9.63. The Balaban J connectivity index is 1.86. The van der Waals surface area contributed by atoms with Gasteiger partial charge in [0.15, 0.2) is 5.82 Å². The molecule has 3 N–H and O–H groups in total. The first kappa shape index (κ1) is 13.7. The van der Waals surface area contributed by atoms with E-state index < -0.39 is 0 Å². The summed E-state index contributed by atoms with van der Waals surface area (Å²) in [6.45, 7) is 1.84. The first-order valence-electron chi connectivity index (χ1n) is 6.65. The Kier molecular flexibility index (Phi) is 3.87. The lowest BCUT2D eigenvalue weighted by Crippen LogP contribution is -2.43. The summed E-state index contributed by atoms with van der Waals surface area (Å²) in [6.07, 6.45) is 2.18. The predicted octanol–water partition coefficient (Wildman–Crippen LogP) is 3.31. The van der Waals surface area contributed by atoms with Crippen LogP contribution in [0, 0.1) is 0 Å². The quantitative estimate of drug-likeness (QED) is 0.894. The van der Waals surface area contributed by atoms with Crippen molar-refractivity contribution < 1.29 is 0 Å². The second kappa shape index (κ2) is 5.64. The van der Waals surface area contributed by atoms with Gasteiger partial charge in [0.05, 0.1) is 10.7 Å². The van der Waals surface area contributed by atoms with Crippen LogP contribution < -0.4 is 10.6 Å². The molecule has 0 radical (unpaired) electrons. The largest absolute Gasteiger partial charge is 0.354 e. The lowest BCUT2D eigenvalue weighted by atomic mass is 10.1. The Labute approximate surface area is 127 Å². The van der Waals surface area contributed by atoms with Gasteiger partial charge in [-0.15, -0.1) is 0 Å². The van der Waals surface area contributed by atoms with Crippen molar-refractivity contribution in [2.24, 2.45) is 5.73 Å². The van der Waals surface area contributed by atoms with Crippen molar-refractivity contribution in [1.82, 2.24) is 10.2 Å². The summed E-state index contributed by atoms with van der Waals surface area (Å²) in [4.78, 5) is 2.21. The topological polar surface area (TPSA) is 57.9 Å². The molecule has 106 valence electrons. The van der Waals surface area contributed by atoms with E-state index in [1.807, 2.05) is 18.2 Å². The van der Waals surface area contributed by atoms with Crippen LogP contribution in [0.4, 0.5) is 5.82 Å². The van der Waals surface area contributed by atoms with E-state index in [1.165, 1.54) is 0 Å². The number of piperidine rings is 1. The third-order valence-electron chi connectivity index (χ3n) is 3.57. The fourth-order valence-corrected chi connectivity index (χ4v) is 3.05. The van der Waals surface area contributed by atoms with Crippen molar-refractivity contribution in [3.8, 4) is 11.3 Å². The van der Waals surface area contributed by atoms with Crippen molar-refractivity contribution in [3.05, 3.63) is 34.3 Å². The minimum Gasteiger partial charge on any atom is -0.354 e. The van der Waals surface area contributed by atoms with Gasteiger partial charge in [-0.2, -0.15) is 5.10 Å². The van der Waals surface area contributed by atoms with Crippen molar-refractivity contribution in [1.29, 1.82) is 0 Å². The van der Waals surface area contributed by atoms with Gasteiger partial charge >= 0.3 is 0 Å². The predicted molar refractivity (Wildman–Crippen MR) is 83.5 cm³/mol. The highest BCUT2D eigenvalue weighted by Gasteiger charge is 2.19. The molecule has 0 saturated carbocycles. The van der Waals surface area contributed by atoms with E-state index >= 15 is 0 Å². The van der Waals surface area contributed by atoms with Crippen LogP contribution in [0.5, 0.6) is 0 Å². The molecule has 0 amide bonds. The van der Waals surface area contributed by atoms with Gasteiger partial charge in [0.2, 0.25) is 0 Å². The highest BCUT2D eigenvalue weighted by molar-refractivity contribution is 6.36. The molecule has 4 nitrogen and oxygen atoms in total. The van der Waals surface area contributed by atoms with E-state index in [9.17, 15) is 0 Å². The van der Waals surface area contributed by atoms with Crippen molar-refractivity contribution in [3.63, 3.8) is 0 Å². The molecule has 1 aliphatic rings. The van der Waals surface area contributed by atoms with E-state index in [4.69, 9.17) is 28.9 Å². The molecular weight excluding hydrogens is 295 g/mol. The van der Waals surface area contributed by atoms with Crippen LogP contribution in [-0.2, 0) is 0 Å². The van der Waals surface area contributed by atoms with E-state index in [0.29, 0.717) is 10.0 Å². The molecule has 1 aromatic heterocycles. The maximum atomic E-state index is 6.22. The molecule has 1 atom stereocenters. The van der Waals surface area contributed by atoms with E-state index in [2.05, 4.69) is 15.1 Å². The van der Waals surface area contributed by atoms with Crippen LogP contribution in [0.15, 0.2) is 24.3 Å². The van der Waals surface area contributed by atoms with Crippen LogP contribution in [0.3, 0.4) is 0 Å². The van der Waals surface area contributed by atoms with Gasteiger partial charge in [-0.05, 0) is 31.0 Å². The van der Waals surface area contributed by atoms with Crippen molar-refractivity contribution in [2.45, 2.75) is 18.9 Å². The lowest BCUT2D eigenvalue weighted by molar-refractivity contribution is 0.503. The van der Waals surface area contributed by atoms with Gasteiger partial charge in [0.25, 0.3) is 0 Å². The number of anilines is 1. The summed E-state index contributed by atoms with van der Waals surface area (Å²) in [7, 11) is 0. The zero-order valence-electron chi connectivity index (χ0n) is 10.9. The van der Waals surface area contributed by atoms with E-state index in [0.717, 1.165) is 43.0 Å². The SMILES string of the molecule is NC1CCCN(c2cc(-c3ccc(Cl)cc3Cl)[nH]n2)C1. The summed E-state index contributed by atoms with van der Waals surface area (Å²) in [5.74, 6) is 0.918. The van der Waals surface area contributed by atoms with Crippen LogP contribution >= 0.6 is 23.2 Å². The summed E-state index contributed by atoms with van der Waals surface area (Å²) in [5.41, 5.74) is 7.79. The van der Waals surface area contributed by atoms with Crippen molar-refractivity contribution in [2.75, 3.05) is 18.0 Å². The minimum atomic E-state index is 0.225. The number of halogens is 2. The van der Waals surface area contributed by atoms with Gasteiger partial charge in [-0.3, -0.25) is 5.10 Å². The number of hydrogen-bond acceptors (Lipinski definition) is 3. The highest BCUT2D eigenvalue weighted by atomic mass is 35.5.